The molecule has 196 valence electrons. The molecule has 0 spiro atoms. The molecule has 0 radical (unpaired) electrons. The molecule has 37 heavy (non-hydrogen) atoms. The largest absolute Gasteiger partial charge is 0.339 e. The summed E-state index contributed by atoms with van der Waals surface area (Å²) < 4.78 is 5.69. The summed E-state index contributed by atoms with van der Waals surface area (Å²) in [5, 5.41) is 1.35. The predicted octanol–water partition coefficient (Wildman–Crippen LogP) is 5.93. The lowest BCUT2D eigenvalue weighted by molar-refractivity contribution is 0.0984. The maximum Gasteiger partial charge on any atom is 0.261 e. The van der Waals surface area contributed by atoms with E-state index < -0.39 is 0 Å². The zero-order chi connectivity index (χ0) is 25.4. The number of likely N-dealkylation sites (N-methyl/N-ethyl adjacent to an activating group) is 2. The molecule has 3 aromatic rings. The van der Waals surface area contributed by atoms with E-state index in [-0.39, 0.29) is 5.91 Å². The Kier molecular flexibility index (Phi) is 7.33. The Bertz CT molecular complexity index is 1280. The van der Waals surface area contributed by atoms with Crippen molar-refractivity contribution >= 4 is 28.8 Å². The van der Waals surface area contributed by atoms with Crippen molar-refractivity contribution in [3.63, 3.8) is 0 Å². The topological polar surface area (TPSA) is 40.5 Å². The molecule has 1 unspecified atom stereocenters. The van der Waals surface area contributed by atoms with Crippen molar-refractivity contribution in [1.29, 1.82) is 0 Å². The second kappa shape index (κ2) is 10.8. The highest BCUT2D eigenvalue weighted by Crippen LogP contribution is 2.46. The minimum Gasteiger partial charge on any atom is -0.339 e. The van der Waals surface area contributed by atoms with Crippen LogP contribution in [0.3, 0.4) is 0 Å². The van der Waals surface area contributed by atoms with Crippen LogP contribution in [0.15, 0.2) is 42.5 Å². The first-order valence-corrected chi connectivity index (χ1v) is 15.1. The molecular weight excluding hydrogens is 476 g/mol. The van der Waals surface area contributed by atoms with Gasteiger partial charge in [0, 0.05) is 53.5 Å². The van der Waals surface area contributed by atoms with Crippen LogP contribution in [0.4, 0.5) is 0 Å². The number of aromatic nitrogens is 1. The first kappa shape index (κ1) is 25.0. The quantitative estimate of drug-likeness (QED) is 0.407. The minimum atomic E-state index is 0.0183. The number of nitrogens with one attached hydrogen (secondary N) is 1. The molecule has 1 aliphatic carbocycles. The van der Waals surface area contributed by atoms with Crippen LogP contribution in [0.5, 0.6) is 0 Å². The second-order valence-electron chi connectivity index (χ2n) is 11.4. The molecule has 4 bridgehead atoms. The smallest absolute Gasteiger partial charge is 0.261 e. The van der Waals surface area contributed by atoms with Crippen LogP contribution < -0.4 is 4.72 Å². The second-order valence-corrected chi connectivity index (χ2v) is 12.3. The molecular formula is C31H40N4OS. The summed E-state index contributed by atoms with van der Waals surface area (Å²) in [5.41, 5.74) is 7.79. The SMILES string of the molecule is CN1CCCSNC(=O)c2ccc3c(C4CCCCC4)c4n(c3c2)CC(Cc2ccccc2-4)N(C)CC1. The molecule has 2 aliphatic heterocycles. The van der Waals surface area contributed by atoms with Gasteiger partial charge < -0.3 is 14.4 Å². The third kappa shape index (κ3) is 4.96. The van der Waals surface area contributed by atoms with Crippen molar-refractivity contribution in [3.05, 3.63) is 59.2 Å². The fraction of sp³-hybridized carbons (Fsp3) is 0.516. The third-order valence-corrected chi connectivity index (χ3v) is 9.73. The lowest BCUT2D eigenvalue weighted by atomic mass is 9.81. The number of carbonyl (C=O) groups is 1. The van der Waals surface area contributed by atoms with Crippen LogP contribution in [0.2, 0.25) is 0 Å². The fourth-order valence-electron chi connectivity index (χ4n) is 6.76. The van der Waals surface area contributed by atoms with Gasteiger partial charge in [-0.15, -0.1) is 0 Å². The normalized spacial score (nSPS) is 22.8. The van der Waals surface area contributed by atoms with Gasteiger partial charge in [0.05, 0.1) is 5.69 Å². The van der Waals surface area contributed by atoms with Gasteiger partial charge in [-0.25, -0.2) is 0 Å². The number of hydrogen-bond acceptors (Lipinski definition) is 4. The van der Waals surface area contributed by atoms with Crippen molar-refractivity contribution in [2.45, 2.75) is 63.5 Å². The summed E-state index contributed by atoms with van der Waals surface area (Å²) >= 11 is 1.54. The Balaban J connectivity index is 1.55. The summed E-state index contributed by atoms with van der Waals surface area (Å²) in [6, 6.07) is 16.0. The molecule has 3 heterocycles. The Morgan fingerprint density at radius 2 is 1.78 bits per heavy atom. The molecule has 1 atom stereocenters. The van der Waals surface area contributed by atoms with Gasteiger partial charge in [-0.05, 0) is 75.5 Å². The summed E-state index contributed by atoms with van der Waals surface area (Å²) in [7, 11) is 4.52. The average molecular weight is 517 g/mol. The van der Waals surface area contributed by atoms with Crippen molar-refractivity contribution in [3.8, 4) is 11.3 Å². The summed E-state index contributed by atoms with van der Waals surface area (Å²) in [6.07, 6.45) is 8.64. The zero-order valence-corrected chi connectivity index (χ0v) is 23.2. The van der Waals surface area contributed by atoms with E-state index in [0.717, 1.165) is 50.3 Å². The third-order valence-electron chi connectivity index (χ3n) is 8.91. The first-order chi connectivity index (χ1) is 18.1. The van der Waals surface area contributed by atoms with E-state index in [1.807, 2.05) is 0 Å². The molecule has 6 rings (SSSR count). The number of carbonyl (C=O) groups excluding carboxylic acids is 1. The Hall–Kier alpha value is -2.28. The molecule has 3 aliphatic rings. The summed E-state index contributed by atoms with van der Waals surface area (Å²) in [6.45, 7) is 4.12. The van der Waals surface area contributed by atoms with Crippen LogP contribution in [0.1, 0.15) is 65.9 Å². The van der Waals surface area contributed by atoms with Crippen molar-refractivity contribution in [2.24, 2.45) is 0 Å². The van der Waals surface area contributed by atoms with Gasteiger partial charge in [-0.3, -0.25) is 9.52 Å². The van der Waals surface area contributed by atoms with Crippen molar-refractivity contribution < 1.29 is 4.79 Å². The highest BCUT2D eigenvalue weighted by atomic mass is 32.2. The Labute approximate surface area is 225 Å². The molecule has 2 aromatic carbocycles. The first-order valence-electron chi connectivity index (χ1n) is 14.2. The van der Waals surface area contributed by atoms with Crippen LogP contribution in [-0.2, 0) is 13.0 Å². The highest BCUT2D eigenvalue weighted by molar-refractivity contribution is 7.97. The number of benzene rings is 2. The molecule has 0 saturated heterocycles. The van der Waals surface area contributed by atoms with Gasteiger partial charge in [0.25, 0.3) is 5.91 Å². The fourth-order valence-corrected chi connectivity index (χ4v) is 7.39. The van der Waals surface area contributed by atoms with Gasteiger partial charge in [0.15, 0.2) is 0 Å². The van der Waals surface area contributed by atoms with Gasteiger partial charge in [0.1, 0.15) is 0 Å². The molecule has 1 N–H and O–H groups in total. The van der Waals surface area contributed by atoms with E-state index in [9.17, 15) is 4.79 Å². The average Bonchev–Trinajstić information content (AvgIpc) is 3.13. The van der Waals surface area contributed by atoms with E-state index in [1.54, 1.807) is 0 Å². The lowest BCUT2D eigenvalue weighted by Gasteiger charge is -2.30. The predicted molar refractivity (Wildman–Crippen MR) is 155 cm³/mol. The van der Waals surface area contributed by atoms with Gasteiger partial charge in [-0.1, -0.05) is 61.5 Å². The molecule has 1 amide bonds. The monoisotopic (exact) mass is 516 g/mol. The molecule has 1 fully saturated rings. The highest BCUT2D eigenvalue weighted by Gasteiger charge is 2.32. The Morgan fingerprint density at radius 3 is 2.65 bits per heavy atom. The standard InChI is InChI=1S/C31H40N4OS/c1-33-15-8-18-37-32-31(36)24-13-14-27-28(20-24)35-21-25(34(2)17-16-33)19-23-11-6-7-12-26(23)30(35)29(27)22-9-4-3-5-10-22/h6-7,11-14,20,22,25H,3-5,8-10,15-19,21H2,1-2H3,(H,32,36). The van der Waals surface area contributed by atoms with Crippen LogP contribution in [0, 0.1) is 0 Å². The van der Waals surface area contributed by atoms with Gasteiger partial charge in [0.2, 0.25) is 0 Å². The van der Waals surface area contributed by atoms with Gasteiger partial charge in [-0.2, -0.15) is 0 Å². The minimum absolute atomic E-state index is 0.0183. The molecule has 6 heteroatoms. The number of hydrogen-bond donors (Lipinski definition) is 1. The molecule has 1 aromatic heterocycles. The maximum absolute atomic E-state index is 13.2. The van der Waals surface area contributed by atoms with Gasteiger partial charge >= 0.3 is 0 Å². The summed E-state index contributed by atoms with van der Waals surface area (Å²) in [4.78, 5) is 18.2. The molecule has 1 saturated carbocycles. The van der Waals surface area contributed by atoms with Crippen molar-refractivity contribution in [2.75, 3.05) is 39.5 Å². The van der Waals surface area contributed by atoms with Crippen LogP contribution in [-0.4, -0.2) is 65.8 Å². The number of fused-ring (bicyclic) bond motifs is 4. The van der Waals surface area contributed by atoms with Crippen molar-refractivity contribution in [1.82, 2.24) is 19.1 Å². The summed E-state index contributed by atoms with van der Waals surface area (Å²) in [5.74, 6) is 1.54. The van der Waals surface area contributed by atoms with E-state index >= 15 is 0 Å². The number of rotatable bonds is 1. The van der Waals surface area contributed by atoms with E-state index in [2.05, 4.69) is 75.6 Å². The zero-order valence-electron chi connectivity index (χ0n) is 22.3. The van der Waals surface area contributed by atoms with E-state index in [4.69, 9.17) is 0 Å². The number of amides is 1. The van der Waals surface area contributed by atoms with Crippen LogP contribution in [0.25, 0.3) is 22.2 Å². The number of nitrogens with zero attached hydrogens (tertiary/aromatic N) is 3. The van der Waals surface area contributed by atoms with Crippen LogP contribution >= 0.6 is 11.9 Å². The van der Waals surface area contributed by atoms with E-state index in [0.29, 0.717) is 12.0 Å². The van der Waals surface area contributed by atoms with E-state index in [1.165, 1.54) is 77.3 Å². The lowest BCUT2D eigenvalue weighted by Crippen LogP contribution is -2.41. The maximum atomic E-state index is 13.2. The Morgan fingerprint density at radius 1 is 0.946 bits per heavy atom. The molecule has 5 nitrogen and oxygen atoms in total.